The van der Waals surface area contributed by atoms with E-state index in [9.17, 15) is 14.1 Å². The summed E-state index contributed by atoms with van der Waals surface area (Å²) in [5.41, 5.74) is 5.30. The summed E-state index contributed by atoms with van der Waals surface area (Å²) >= 11 is 6.39. The minimum absolute atomic E-state index is 0.0926. The van der Waals surface area contributed by atoms with Gasteiger partial charge in [-0.3, -0.25) is 9.52 Å². The summed E-state index contributed by atoms with van der Waals surface area (Å²) in [4.78, 5) is 19.5. The Hall–Kier alpha value is -3.71. The second kappa shape index (κ2) is 15.0. The monoisotopic (exact) mass is 700 g/mol. The number of halogens is 1. The van der Waals surface area contributed by atoms with Crippen LogP contribution in [0.2, 0.25) is 5.02 Å². The molecule has 7 rings (SSSR count). The van der Waals surface area contributed by atoms with Crippen LogP contribution in [0.5, 0.6) is 5.75 Å². The highest BCUT2D eigenvalue weighted by molar-refractivity contribution is 7.84. The Labute approximate surface area is 297 Å². The first-order valence-corrected chi connectivity index (χ1v) is 18.9. The number of amides is 1. The zero-order chi connectivity index (χ0) is 34.7. The summed E-state index contributed by atoms with van der Waals surface area (Å²) < 4.78 is 22.3. The molecule has 10 heteroatoms. The number of fused-ring (bicyclic) bond motifs is 4. The van der Waals surface area contributed by atoms with Crippen LogP contribution in [0.15, 0.2) is 66.9 Å². The second-order valence-electron chi connectivity index (χ2n) is 14.2. The van der Waals surface area contributed by atoms with Gasteiger partial charge in [-0.1, -0.05) is 36.7 Å². The molecule has 0 radical (unpaired) electrons. The Morgan fingerprint density at radius 1 is 1.16 bits per heavy atom. The molecule has 0 saturated heterocycles. The van der Waals surface area contributed by atoms with Gasteiger partial charge in [0.2, 0.25) is 0 Å². The van der Waals surface area contributed by atoms with Gasteiger partial charge in [0.25, 0.3) is 5.91 Å². The van der Waals surface area contributed by atoms with Crippen LogP contribution in [0.4, 0.5) is 5.69 Å². The number of carbonyl (C=O) groups is 1. The molecule has 2 aromatic carbocycles. The van der Waals surface area contributed by atoms with Gasteiger partial charge < -0.3 is 14.7 Å². The zero-order valence-corrected chi connectivity index (χ0v) is 30.0. The fourth-order valence-corrected chi connectivity index (χ4v) is 8.84. The number of aliphatic hydroxyl groups is 1. The molecule has 2 aliphatic carbocycles. The number of rotatable bonds is 0. The Morgan fingerprint density at radius 2 is 2.00 bits per heavy atom. The van der Waals surface area contributed by atoms with E-state index >= 15 is 0 Å². The molecule has 2 aliphatic heterocycles. The number of nitriles is 1. The number of aromatic nitrogens is 1. The molecule has 2 bridgehead atoms. The van der Waals surface area contributed by atoms with E-state index in [1.165, 1.54) is 11.1 Å². The van der Waals surface area contributed by atoms with Crippen molar-refractivity contribution in [1.29, 1.82) is 5.26 Å². The maximum absolute atomic E-state index is 13.3. The summed E-state index contributed by atoms with van der Waals surface area (Å²) in [5.74, 6) is 1.05. The third kappa shape index (κ3) is 7.72. The van der Waals surface area contributed by atoms with Crippen molar-refractivity contribution in [3.8, 4) is 11.8 Å². The zero-order valence-electron chi connectivity index (χ0n) is 28.4. The van der Waals surface area contributed by atoms with Crippen LogP contribution < -0.4 is 14.4 Å². The van der Waals surface area contributed by atoms with Crippen molar-refractivity contribution in [2.24, 2.45) is 17.8 Å². The molecule has 6 unspecified atom stereocenters. The van der Waals surface area contributed by atoms with Crippen molar-refractivity contribution in [2.75, 3.05) is 24.6 Å². The number of pyridine rings is 1. The summed E-state index contributed by atoms with van der Waals surface area (Å²) in [6.45, 7) is 7.96. The molecule has 1 spiro atoms. The van der Waals surface area contributed by atoms with Gasteiger partial charge in [-0.15, -0.1) is 0 Å². The average molecular weight is 701 g/mol. The maximum atomic E-state index is 13.3. The Balaban J connectivity index is 0.000000403. The number of ether oxygens (including phenoxy) is 1. The lowest BCUT2D eigenvalue weighted by Crippen LogP contribution is -2.49. The quantitative estimate of drug-likeness (QED) is 0.247. The van der Waals surface area contributed by atoms with E-state index in [1.54, 1.807) is 18.3 Å². The molecule has 3 heterocycles. The number of allylic oxidation sites excluding steroid dienone is 1. The van der Waals surface area contributed by atoms with E-state index in [4.69, 9.17) is 21.6 Å². The number of hydrogen-bond acceptors (Lipinski definition) is 7. The fraction of sp³-hybridized carbons (Fsp3) is 0.462. The lowest BCUT2D eigenvalue weighted by molar-refractivity contribution is 0.0456. The number of aryl methyl sites for hydroxylation is 2. The van der Waals surface area contributed by atoms with Gasteiger partial charge in [-0.25, -0.2) is 9.19 Å². The van der Waals surface area contributed by atoms with Crippen LogP contribution in [0.1, 0.15) is 78.7 Å². The van der Waals surface area contributed by atoms with Gasteiger partial charge in [-0.2, -0.15) is 5.26 Å². The van der Waals surface area contributed by atoms with Gasteiger partial charge >= 0.3 is 0 Å². The Bertz CT molecular complexity index is 1790. The summed E-state index contributed by atoms with van der Waals surface area (Å²) in [7, 11) is -1.53. The van der Waals surface area contributed by atoms with E-state index in [1.807, 2.05) is 63.3 Å². The van der Waals surface area contributed by atoms with Crippen LogP contribution in [0, 0.1) is 36.0 Å². The number of benzene rings is 2. The van der Waals surface area contributed by atoms with Crippen molar-refractivity contribution < 1.29 is 18.8 Å². The summed E-state index contributed by atoms with van der Waals surface area (Å²) in [5, 5.41) is 20.0. The molecular weight excluding hydrogens is 656 g/mol. The van der Waals surface area contributed by atoms with Crippen molar-refractivity contribution in [3.05, 3.63) is 99.9 Å². The lowest BCUT2D eigenvalue weighted by atomic mass is 9.68. The van der Waals surface area contributed by atoms with Crippen molar-refractivity contribution in [2.45, 2.75) is 76.1 Å². The fourth-order valence-electron chi connectivity index (χ4n) is 7.63. The molecule has 1 fully saturated rings. The van der Waals surface area contributed by atoms with Gasteiger partial charge in [0.1, 0.15) is 28.5 Å². The molecule has 8 nitrogen and oxygen atoms in total. The van der Waals surface area contributed by atoms with E-state index in [-0.39, 0.29) is 28.4 Å². The molecule has 1 aromatic heterocycles. The second-order valence-corrected chi connectivity index (χ2v) is 16.2. The number of hydrogen-bond donors (Lipinski definition) is 2. The summed E-state index contributed by atoms with van der Waals surface area (Å²) in [6.07, 6.45) is 10.9. The highest BCUT2D eigenvalue weighted by Crippen LogP contribution is 2.46. The topological polar surface area (TPSA) is 116 Å². The molecule has 49 heavy (non-hydrogen) atoms. The van der Waals surface area contributed by atoms with Crippen molar-refractivity contribution >= 4 is 34.2 Å². The molecule has 1 saturated carbocycles. The van der Waals surface area contributed by atoms with Gasteiger partial charge in [0.05, 0.1) is 23.6 Å². The van der Waals surface area contributed by atoms with E-state index in [0.717, 1.165) is 67.2 Å². The molecular formula is C39H45ClN4O4S. The largest absolute Gasteiger partial charge is 0.490 e. The van der Waals surface area contributed by atoms with Gasteiger partial charge in [0, 0.05) is 35.3 Å². The first-order chi connectivity index (χ1) is 23.6. The number of carbonyl (C=O) groups excluding carboxylic acids is 1. The molecule has 1 amide bonds. The van der Waals surface area contributed by atoms with E-state index in [0.29, 0.717) is 30.2 Å². The minimum atomic E-state index is -1.53. The summed E-state index contributed by atoms with van der Waals surface area (Å²) in [6, 6.07) is 17.4. The van der Waals surface area contributed by atoms with Crippen molar-refractivity contribution in [3.63, 3.8) is 0 Å². The standard InChI is InChI=1S/C32H39ClN2O4S.C7H6N2/c1-20-5-3-7-29(36)26-11-8-24(26)17-35-18-32(14-4-6-22-15-25(33)10-12-27(22)32)19-39-30-13-9-23(16-28(30)35)31(37)34-40(38)21(20)2;1-6-2-3-9-7(4-6)5-8/h3,7,9-10,12-13,15-16,20-21,24,26,29,36H,4-6,8,11,14,17-19H2,1-2H3,(H,34,37);2-4H,1H3/b7-3+;/t20?,21?,24?,26?,29?,32-,40?;/m0./s1. The maximum Gasteiger partial charge on any atom is 0.263 e. The van der Waals surface area contributed by atoms with Crippen LogP contribution in [0.25, 0.3) is 0 Å². The van der Waals surface area contributed by atoms with Gasteiger partial charge in [-0.05, 0) is 129 Å². The third-order valence-electron chi connectivity index (χ3n) is 10.9. The normalized spacial score (nSPS) is 30.0. The van der Waals surface area contributed by atoms with E-state index in [2.05, 4.69) is 26.7 Å². The molecule has 7 atom stereocenters. The predicted molar refractivity (Wildman–Crippen MR) is 194 cm³/mol. The number of nitrogens with zero attached hydrogens (tertiary/aromatic N) is 3. The van der Waals surface area contributed by atoms with E-state index < -0.39 is 17.1 Å². The Morgan fingerprint density at radius 3 is 2.73 bits per heavy atom. The average Bonchev–Trinajstić information content (AvgIpc) is 3.22. The van der Waals surface area contributed by atoms with Gasteiger partial charge in [0.15, 0.2) is 0 Å². The third-order valence-corrected chi connectivity index (χ3v) is 12.6. The smallest absolute Gasteiger partial charge is 0.263 e. The van der Waals surface area contributed by atoms with Crippen LogP contribution in [0.3, 0.4) is 0 Å². The van der Waals surface area contributed by atoms with Crippen LogP contribution >= 0.6 is 11.6 Å². The molecule has 4 aliphatic rings. The molecule has 3 aromatic rings. The predicted octanol–water partition coefficient (Wildman–Crippen LogP) is 6.84. The van der Waals surface area contributed by atoms with Crippen molar-refractivity contribution in [1.82, 2.24) is 9.71 Å². The molecule has 2 N–H and O–H groups in total. The first kappa shape index (κ1) is 35.1. The first-order valence-electron chi connectivity index (χ1n) is 17.3. The Kier molecular flexibility index (Phi) is 10.8. The van der Waals surface area contributed by atoms with Crippen LogP contribution in [-0.4, -0.2) is 51.3 Å². The SMILES string of the molecule is CC1C/C=C/C(O)C2CCC2CN2C[C@@]3(CCCc4cc(Cl)ccc43)COc3ccc(cc32)C(=O)NS(=O)C1C.Cc1ccnc(C#N)c1. The number of nitrogens with one attached hydrogen (secondary N) is 1. The highest BCUT2D eigenvalue weighted by atomic mass is 35.5. The highest BCUT2D eigenvalue weighted by Gasteiger charge is 2.44. The number of aliphatic hydroxyl groups excluding tert-OH is 1. The van der Waals surface area contributed by atoms with Crippen LogP contribution in [-0.2, 0) is 22.8 Å². The number of anilines is 1. The lowest BCUT2D eigenvalue weighted by Gasteiger charge is -2.45. The minimum Gasteiger partial charge on any atom is -0.490 e. The molecule has 258 valence electrons.